The van der Waals surface area contributed by atoms with Crippen LogP contribution >= 0.6 is 0 Å². The minimum absolute atomic E-state index is 0.0440. The van der Waals surface area contributed by atoms with Gasteiger partial charge in [0.05, 0.1) is 18.0 Å². The molecule has 1 aromatic heterocycles. The summed E-state index contributed by atoms with van der Waals surface area (Å²) in [5, 5.41) is 18.0. The second kappa shape index (κ2) is 8.05. The van der Waals surface area contributed by atoms with E-state index in [1.54, 1.807) is 0 Å². The monoisotopic (exact) mass is 358 g/mol. The first kappa shape index (κ1) is 18.0. The standard InChI is InChI=1S/C17H22N6O3/c1-11-5-4-8-14-15(11)18-17(21-19-14)22-20-16(25)13(9-23(26)10-24)12-6-2-3-7-12/h4-5,8,10,12-13,26H,2-3,6-7,9H2,1H3,(H,20,25)(H,18,21,22)/t13-/m0/s1. The third-order valence-electron chi connectivity index (χ3n) is 4.80. The topological polar surface area (TPSA) is 120 Å². The highest BCUT2D eigenvalue weighted by molar-refractivity contribution is 5.81. The summed E-state index contributed by atoms with van der Waals surface area (Å²) in [6.07, 6.45) is 4.20. The Bertz CT molecular complexity index is 793. The van der Waals surface area contributed by atoms with Crippen LogP contribution in [0.25, 0.3) is 11.0 Å². The molecule has 0 aliphatic heterocycles. The lowest BCUT2D eigenvalue weighted by atomic mass is 9.90. The summed E-state index contributed by atoms with van der Waals surface area (Å²) in [7, 11) is 0. The fourth-order valence-corrected chi connectivity index (χ4v) is 3.41. The molecule has 1 aliphatic rings. The SMILES string of the molecule is Cc1cccc2nnc(NNC(=O)[C@@H](CN(O)C=O)C3CCCC3)nc12. The van der Waals surface area contributed by atoms with E-state index in [2.05, 4.69) is 26.0 Å². The minimum atomic E-state index is -0.504. The number of anilines is 1. The largest absolute Gasteiger partial charge is 0.286 e. The Hall–Kier alpha value is -2.81. The maximum absolute atomic E-state index is 12.6. The molecular formula is C17H22N6O3. The Labute approximate surface area is 150 Å². The number of carbonyl (C=O) groups is 2. The van der Waals surface area contributed by atoms with Gasteiger partial charge in [0.25, 0.3) is 5.95 Å². The first-order chi connectivity index (χ1) is 12.6. The molecule has 2 amide bonds. The van der Waals surface area contributed by atoms with E-state index in [4.69, 9.17) is 0 Å². The summed E-state index contributed by atoms with van der Waals surface area (Å²) >= 11 is 0. The molecule has 9 heteroatoms. The van der Waals surface area contributed by atoms with Crippen molar-refractivity contribution in [1.82, 2.24) is 25.7 Å². The van der Waals surface area contributed by atoms with Crippen molar-refractivity contribution in [1.29, 1.82) is 0 Å². The fraction of sp³-hybridized carbons (Fsp3) is 0.471. The molecule has 0 radical (unpaired) electrons. The van der Waals surface area contributed by atoms with Crippen LogP contribution in [0.3, 0.4) is 0 Å². The van der Waals surface area contributed by atoms with Gasteiger partial charge in [0.1, 0.15) is 5.52 Å². The van der Waals surface area contributed by atoms with Gasteiger partial charge < -0.3 is 0 Å². The molecule has 1 aliphatic carbocycles. The molecule has 138 valence electrons. The van der Waals surface area contributed by atoms with E-state index in [9.17, 15) is 14.8 Å². The van der Waals surface area contributed by atoms with E-state index in [1.165, 1.54) is 0 Å². The van der Waals surface area contributed by atoms with Gasteiger partial charge in [-0.1, -0.05) is 25.0 Å². The van der Waals surface area contributed by atoms with Crippen LogP contribution < -0.4 is 10.9 Å². The number of amides is 2. The normalized spacial score (nSPS) is 15.6. The van der Waals surface area contributed by atoms with Gasteiger partial charge in [-0.2, -0.15) is 0 Å². The molecule has 3 rings (SSSR count). The summed E-state index contributed by atoms with van der Waals surface area (Å²) in [6.45, 7) is 1.88. The molecule has 3 N–H and O–H groups in total. The zero-order valence-corrected chi connectivity index (χ0v) is 14.6. The summed E-state index contributed by atoms with van der Waals surface area (Å²) in [5.41, 5.74) is 7.60. The number of hydrazine groups is 1. The van der Waals surface area contributed by atoms with Gasteiger partial charge in [-0.05, 0) is 37.3 Å². The predicted molar refractivity (Wildman–Crippen MR) is 93.8 cm³/mol. The first-order valence-corrected chi connectivity index (χ1v) is 8.65. The molecule has 26 heavy (non-hydrogen) atoms. The lowest BCUT2D eigenvalue weighted by Gasteiger charge is -2.24. The van der Waals surface area contributed by atoms with Crippen molar-refractivity contribution in [3.8, 4) is 0 Å². The van der Waals surface area contributed by atoms with Crippen LogP contribution in [0.1, 0.15) is 31.2 Å². The van der Waals surface area contributed by atoms with Gasteiger partial charge in [0.15, 0.2) is 0 Å². The molecular weight excluding hydrogens is 336 g/mol. The molecule has 1 heterocycles. The van der Waals surface area contributed by atoms with E-state index in [1.807, 2.05) is 25.1 Å². The number of aryl methyl sites for hydroxylation is 1. The molecule has 0 saturated heterocycles. The number of nitrogens with one attached hydrogen (secondary N) is 2. The molecule has 2 aromatic rings. The van der Waals surface area contributed by atoms with Crippen LogP contribution in [0.5, 0.6) is 0 Å². The highest BCUT2D eigenvalue weighted by Crippen LogP contribution is 2.31. The number of carbonyl (C=O) groups excluding carboxylic acids is 2. The van der Waals surface area contributed by atoms with Gasteiger partial charge in [0.2, 0.25) is 12.3 Å². The molecule has 0 spiro atoms. The van der Waals surface area contributed by atoms with Crippen molar-refractivity contribution < 1.29 is 14.8 Å². The number of hydrogen-bond acceptors (Lipinski definition) is 7. The third kappa shape index (κ3) is 4.05. The Kier molecular flexibility index (Phi) is 5.57. The number of fused-ring (bicyclic) bond motifs is 1. The summed E-state index contributed by atoms with van der Waals surface area (Å²) in [6, 6.07) is 5.61. The van der Waals surface area contributed by atoms with Crippen molar-refractivity contribution in [3.05, 3.63) is 23.8 Å². The molecule has 1 aromatic carbocycles. The van der Waals surface area contributed by atoms with E-state index in [0.29, 0.717) is 22.5 Å². The lowest BCUT2D eigenvalue weighted by molar-refractivity contribution is -0.156. The van der Waals surface area contributed by atoms with Crippen molar-refractivity contribution in [2.45, 2.75) is 32.6 Å². The number of rotatable bonds is 7. The maximum Gasteiger partial charge on any atom is 0.262 e. The van der Waals surface area contributed by atoms with Crippen LogP contribution in [0.15, 0.2) is 18.2 Å². The van der Waals surface area contributed by atoms with Gasteiger partial charge in [-0.25, -0.2) is 10.0 Å². The highest BCUT2D eigenvalue weighted by atomic mass is 16.5. The number of nitrogens with zero attached hydrogens (tertiary/aromatic N) is 4. The van der Waals surface area contributed by atoms with Crippen LogP contribution in [0.4, 0.5) is 5.95 Å². The molecule has 0 unspecified atom stereocenters. The maximum atomic E-state index is 12.6. The van der Waals surface area contributed by atoms with Gasteiger partial charge >= 0.3 is 0 Å². The van der Waals surface area contributed by atoms with E-state index in [-0.39, 0.29) is 24.3 Å². The minimum Gasteiger partial charge on any atom is -0.286 e. The summed E-state index contributed by atoms with van der Waals surface area (Å²) < 4.78 is 0. The van der Waals surface area contributed by atoms with Gasteiger partial charge in [-0.3, -0.25) is 25.6 Å². The number of benzene rings is 1. The second-order valence-electron chi connectivity index (χ2n) is 6.57. The second-order valence-corrected chi connectivity index (χ2v) is 6.57. The Morgan fingerprint density at radius 1 is 1.38 bits per heavy atom. The van der Waals surface area contributed by atoms with Crippen molar-refractivity contribution >= 4 is 29.3 Å². The zero-order valence-electron chi connectivity index (χ0n) is 14.6. The van der Waals surface area contributed by atoms with E-state index < -0.39 is 5.92 Å². The van der Waals surface area contributed by atoms with Crippen molar-refractivity contribution in [2.24, 2.45) is 11.8 Å². The quantitative estimate of drug-likeness (QED) is 0.389. The fourth-order valence-electron chi connectivity index (χ4n) is 3.41. The average Bonchev–Trinajstić information content (AvgIpc) is 3.18. The van der Waals surface area contributed by atoms with Crippen LogP contribution in [0, 0.1) is 18.8 Å². The van der Waals surface area contributed by atoms with E-state index in [0.717, 1.165) is 31.2 Å². The molecule has 0 bridgehead atoms. The summed E-state index contributed by atoms with van der Waals surface area (Å²) in [5.74, 6) is -0.507. The third-order valence-corrected chi connectivity index (χ3v) is 4.80. The van der Waals surface area contributed by atoms with Crippen molar-refractivity contribution in [3.63, 3.8) is 0 Å². The number of aromatic nitrogens is 3. The van der Waals surface area contributed by atoms with E-state index >= 15 is 0 Å². The Morgan fingerprint density at radius 2 is 2.15 bits per heavy atom. The first-order valence-electron chi connectivity index (χ1n) is 8.65. The van der Waals surface area contributed by atoms with Crippen LogP contribution in [-0.4, -0.2) is 44.3 Å². The van der Waals surface area contributed by atoms with Gasteiger partial charge in [0, 0.05) is 0 Å². The van der Waals surface area contributed by atoms with Crippen LogP contribution in [0.2, 0.25) is 0 Å². The lowest BCUT2D eigenvalue weighted by Crippen LogP contribution is -2.43. The Morgan fingerprint density at radius 3 is 2.88 bits per heavy atom. The van der Waals surface area contributed by atoms with Crippen LogP contribution in [-0.2, 0) is 9.59 Å². The molecule has 1 saturated carbocycles. The Balaban J connectivity index is 1.69. The highest BCUT2D eigenvalue weighted by Gasteiger charge is 2.32. The predicted octanol–water partition coefficient (Wildman–Crippen LogP) is 1.43. The number of para-hydroxylation sites is 1. The van der Waals surface area contributed by atoms with Gasteiger partial charge in [-0.15, -0.1) is 10.2 Å². The smallest absolute Gasteiger partial charge is 0.262 e. The zero-order chi connectivity index (χ0) is 18.5. The molecule has 1 fully saturated rings. The van der Waals surface area contributed by atoms with Crippen molar-refractivity contribution in [2.75, 3.05) is 12.0 Å². The molecule has 1 atom stereocenters. The molecule has 9 nitrogen and oxygen atoms in total. The number of hydrogen-bond donors (Lipinski definition) is 3. The average molecular weight is 358 g/mol. The summed E-state index contributed by atoms with van der Waals surface area (Å²) in [4.78, 5) is 27.7. The number of hydroxylamine groups is 2.